The zero-order valence-electron chi connectivity index (χ0n) is 12.0. The molecule has 0 spiro atoms. The second-order valence-electron chi connectivity index (χ2n) is 4.94. The van der Waals surface area contributed by atoms with Crippen LogP contribution < -0.4 is 4.74 Å². The lowest BCUT2D eigenvalue weighted by Gasteiger charge is -2.18. The Bertz CT molecular complexity index is 556. The number of hydrogen-bond acceptors (Lipinski definition) is 2. The van der Waals surface area contributed by atoms with E-state index >= 15 is 0 Å². The lowest BCUT2D eigenvalue weighted by molar-refractivity contribution is 0.232. The van der Waals surface area contributed by atoms with Gasteiger partial charge >= 0.3 is 0 Å². The molecule has 2 rings (SSSR count). The van der Waals surface area contributed by atoms with Crippen LogP contribution in [0, 0.1) is 6.92 Å². The first-order valence-corrected chi connectivity index (χ1v) is 7.15. The van der Waals surface area contributed by atoms with Crippen molar-refractivity contribution in [1.82, 2.24) is 4.90 Å². The third-order valence-corrected chi connectivity index (χ3v) is 3.58. The average Bonchev–Trinajstić information content (AvgIpc) is 2.43. The molecule has 2 aromatic rings. The van der Waals surface area contributed by atoms with Gasteiger partial charge in [0.25, 0.3) is 0 Å². The highest BCUT2D eigenvalue weighted by Crippen LogP contribution is 2.22. The maximum Gasteiger partial charge on any atom is 0.137 e. The monoisotopic (exact) mass is 289 g/mol. The molecule has 0 unspecified atom stereocenters. The molecule has 0 aliphatic heterocycles. The third kappa shape index (κ3) is 4.26. The summed E-state index contributed by atoms with van der Waals surface area (Å²) in [5.74, 6) is 0.749. The minimum atomic E-state index is 0.631. The van der Waals surface area contributed by atoms with Crippen LogP contribution >= 0.6 is 11.6 Å². The minimum absolute atomic E-state index is 0.631. The summed E-state index contributed by atoms with van der Waals surface area (Å²) in [5.41, 5.74) is 2.68. The van der Waals surface area contributed by atoms with Gasteiger partial charge in [-0.3, -0.25) is 4.90 Å². The Labute approximate surface area is 125 Å². The number of aryl methyl sites for hydroxylation is 1. The number of para-hydroxylation sites is 1. The maximum absolute atomic E-state index is 6.05. The molecule has 0 heterocycles. The molecule has 0 N–H and O–H groups in total. The summed E-state index contributed by atoms with van der Waals surface area (Å²) < 4.78 is 5.70. The average molecular weight is 290 g/mol. The van der Waals surface area contributed by atoms with Gasteiger partial charge in [-0.15, -0.1) is 0 Å². The predicted molar refractivity (Wildman–Crippen MR) is 84.5 cm³/mol. The Kier molecular flexibility index (Phi) is 5.45. The Hall–Kier alpha value is -1.51. The molecule has 0 atom stereocenters. The second kappa shape index (κ2) is 7.32. The van der Waals surface area contributed by atoms with Crippen LogP contribution in [0.5, 0.6) is 5.75 Å². The molecule has 2 nitrogen and oxygen atoms in total. The number of rotatable bonds is 6. The number of ether oxygens (including phenoxy) is 1. The zero-order valence-corrected chi connectivity index (χ0v) is 12.7. The smallest absolute Gasteiger partial charge is 0.137 e. The van der Waals surface area contributed by atoms with Gasteiger partial charge in [0, 0.05) is 13.1 Å². The molecule has 0 aliphatic carbocycles. The Morgan fingerprint density at radius 2 is 1.75 bits per heavy atom. The van der Waals surface area contributed by atoms with E-state index in [2.05, 4.69) is 43.1 Å². The van der Waals surface area contributed by atoms with E-state index in [0.717, 1.165) is 18.8 Å². The molecule has 0 saturated carbocycles. The first-order valence-electron chi connectivity index (χ1n) is 6.77. The first-order chi connectivity index (χ1) is 9.66. The molecule has 0 amide bonds. The van der Waals surface area contributed by atoms with Crippen LogP contribution in [0.1, 0.15) is 11.1 Å². The molecule has 2 aromatic carbocycles. The normalized spacial score (nSPS) is 10.8. The molecule has 0 radical (unpaired) electrons. The van der Waals surface area contributed by atoms with Gasteiger partial charge in [-0.25, -0.2) is 0 Å². The number of benzene rings is 2. The first kappa shape index (κ1) is 14.9. The summed E-state index contributed by atoms with van der Waals surface area (Å²) in [6, 6.07) is 16.0. The van der Waals surface area contributed by atoms with Crippen molar-refractivity contribution in [1.29, 1.82) is 0 Å². The molecule has 106 valence electrons. The van der Waals surface area contributed by atoms with Crippen molar-refractivity contribution in [2.45, 2.75) is 13.5 Å². The summed E-state index contributed by atoms with van der Waals surface area (Å²) in [5, 5.41) is 0.661. The van der Waals surface area contributed by atoms with E-state index in [1.165, 1.54) is 11.1 Å². The summed E-state index contributed by atoms with van der Waals surface area (Å²) in [7, 11) is 2.10. The van der Waals surface area contributed by atoms with Gasteiger partial charge in [0.2, 0.25) is 0 Å². The van der Waals surface area contributed by atoms with Crippen LogP contribution in [-0.2, 0) is 6.54 Å². The van der Waals surface area contributed by atoms with Crippen LogP contribution in [0.4, 0.5) is 0 Å². The van der Waals surface area contributed by atoms with Crippen molar-refractivity contribution < 1.29 is 4.74 Å². The Balaban J connectivity index is 1.80. The Morgan fingerprint density at radius 3 is 2.50 bits per heavy atom. The summed E-state index contributed by atoms with van der Waals surface area (Å²) >= 11 is 6.05. The van der Waals surface area contributed by atoms with Crippen LogP contribution in [-0.4, -0.2) is 25.1 Å². The topological polar surface area (TPSA) is 12.5 Å². The van der Waals surface area contributed by atoms with Gasteiger partial charge in [0.1, 0.15) is 12.4 Å². The molecule has 0 saturated heterocycles. The summed E-state index contributed by atoms with van der Waals surface area (Å²) in [4.78, 5) is 2.25. The van der Waals surface area contributed by atoms with Crippen molar-refractivity contribution in [3.05, 3.63) is 64.7 Å². The lowest BCUT2D eigenvalue weighted by Crippen LogP contribution is -2.24. The quantitative estimate of drug-likeness (QED) is 0.792. The largest absolute Gasteiger partial charge is 0.491 e. The van der Waals surface area contributed by atoms with Gasteiger partial charge in [-0.2, -0.15) is 0 Å². The molecule has 0 aromatic heterocycles. The standard InChI is InChI=1S/C17H20ClNO/c1-14-7-3-4-8-15(14)13-19(2)11-12-20-17-10-6-5-9-16(17)18/h3-10H,11-13H2,1-2H3. The van der Waals surface area contributed by atoms with E-state index in [4.69, 9.17) is 16.3 Å². The summed E-state index contributed by atoms with van der Waals surface area (Å²) in [6.45, 7) is 4.56. The van der Waals surface area contributed by atoms with Crippen molar-refractivity contribution in [2.24, 2.45) is 0 Å². The fourth-order valence-electron chi connectivity index (χ4n) is 2.03. The van der Waals surface area contributed by atoms with E-state index in [0.29, 0.717) is 11.6 Å². The van der Waals surface area contributed by atoms with E-state index in [9.17, 15) is 0 Å². The van der Waals surface area contributed by atoms with Crippen LogP contribution in [0.3, 0.4) is 0 Å². The Morgan fingerprint density at radius 1 is 1.05 bits per heavy atom. The maximum atomic E-state index is 6.05. The minimum Gasteiger partial charge on any atom is -0.491 e. The molecule has 20 heavy (non-hydrogen) atoms. The van der Waals surface area contributed by atoms with E-state index in [1.807, 2.05) is 24.3 Å². The lowest BCUT2D eigenvalue weighted by atomic mass is 10.1. The highest BCUT2D eigenvalue weighted by molar-refractivity contribution is 6.32. The highest BCUT2D eigenvalue weighted by atomic mass is 35.5. The molecule has 3 heteroatoms. The van der Waals surface area contributed by atoms with Crippen LogP contribution in [0.2, 0.25) is 5.02 Å². The summed E-state index contributed by atoms with van der Waals surface area (Å²) in [6.07, 6.45) is 0. The van der Waals surface area contributed by atoms with E-state index < -0.39 is 0 Å². The molecule has 0 bridgehead atoms. The SMILES string of the molecule is Cc1ccccc1CN(C)CCOc1ccccc1Cl. The number of hydrogen-bond donors (Lipinski definition) is 0. The van der Waals surface area contributed by atoms with Gasteiger partial charge in [-0.1, -0.05) is 48.0 Å². The third-order valence-electron chi connectivity index (χ3n) is 3.27. The van der Waals surface area contributed by atoms with Crippen molar-refractivity contribution >= 4 is 11.6 Å². The predicted octanol–water partition coefficient (Wildman–Crippen LogP) is 4.16. The molecule has 0 fully saturated rings. The second-order valence-corrected chi connectivity index (χ2v) is 5.35. The van der Waals surface area contributed by atoms with Crippen molar-refractivity contribution in [3.63, 3.8) is 0 Å². The van der Waals surface area contributed by atoms with Crippen LogP contribution in [0.25, 0.3) is 0 Å². The van der Waals surface area contributed by atoms with Gasteiger partial charge in [-0.05, 0) is 37.2 Å². The van der Waals surface area contributed by atoms with E-state index in [-0.39, 0.29) is 0 Å². The molecular weight excluding hydrogens is 270 g/mol. The van der Waals surface area contributed by atoms with Crippen molar-refractivity contribution in [3.8, 4) is 5.75 Å². The van der Waals surface area contributed by atoms with Gasteiger partial charge in [0.05, 0.1) is 5.02 Å². The molecular formula is C17H20ClNO. The fourth-order valence-corrected chi connectivity index (χ4v) is 2.22. The zero-order chi connectivity index (χ0) is 14.4. The molecule has 0 aliphatic rings. The van der Waals surface area contributed by atoms with Gasteiger partial charge in [0.15, 0.2) is 0 Å². The fraction of sp³-hybridized carbons (Fsp3) is 0.294. The van der Waals surface area contributed by atoms with E-state index in [1.54, 1.807) is 0 Å². The highest BCUT2D eigenvalue weighted by Gasteiger charge is 2.04. The number of nitrogens with zero attached hydrogens (tertiary/aromatic N) is 1. The van der Waals surface area contributed by atoms with Gasteiger partial charge < -0.3 is 4.74 Å². The number of halogens is 1. The van der Waals surface area contributed by atoms with Crippen LogP contribution in [0.15, 0.2) is 48.5 Å². The van der Waals surface area contributed by atoms with Crippen molar-refractivity contribution in [2.75, 3.05) is 20.2 Å². The number of likely N-dealkylation sites (N-methyl/N-ethyl adjacent to an activating group) is 1.